The Labute approximate surface area is 107 Å². The van der Waals surface area contributed by atoms with Gasteiger partial charge in [0.15, 0.2) is 0 Å². The van der Waals surface area contributed by atoms with Crippen LogP contribution in [-0.4, -0.2) is 40.9 Å². The molecular weight excluding hydrogens is 236 g/mol. The van der Waals surface area contributed by atoms with Crippen LogP contribution in [0.2, 0.25) is 0 Å². The average molecular weight is 258 g/mol. The standard InChI is InChI=1S/C12H22N2O4/c1-8(11(16)17)7-13-12(18)14-9-5-3-2-4-6-10(9)15/h8-10,15H,2-7H2,1H3,(H,16,17)(H2,13,14,18). The highest BCUT2D eigenvalue weighted by Crippen LogP contribution is 2.17. The number of aliphatic hydroxyl groups excluding tert-OH is 1. The van der Waals surface area contributed by atoms with Crippen LogP contribution in [0, 0.1) is 5.92 Å². The second kappa shape index (κ2) is 7.20. The summed E-state index contributed by atoms with van der Waals surface area (Å²) >= 11 is 0. The van der Waals surface area contributed by atoms with Crippen molar-refractivity contribution in [3.05, 3.63) is 0 Å². The van der Waals surface area contributed by atoms with E-state index in [1.165, 1.54) is 6.92 Å². The fourth-order valence-corrected chi connectivity index (χ4v) is 2.01. The highest BCUT2D eigenvalue weighted by molar-refractivity contribution is 5.76. The minimum absolute atomic E-state index is 0.0873. The van der Waals surface area contributed by atoms with Crippen LogP contribution in [0.4, 0.5) is 4.79 Å². The van der Waals surface area contributed by atoms with Gasteiger partial charge in [0.2, 0.25) is 0 Å². The summed E-state index contributed by atoms with van der Waals surface area (Å²) in [4.78, 5) is 22.2. The number of carboxylic acids is 1. The van der Waals surface area contributed by atoms with Gasteiger partial charge in [0.25, 0.3) is 0 Å². The van der Waals surface area contributed by atoms with Crippen molar-refractivity contribution in [3.8, 4) is 0 Å². The van der Waals surface area contributed by atoms with Crippen molar-refractivity contribution in [2.75, 3.05) is 6.54 Å². The van der Waals surface area contributed by atoms with E-state index in [4.69, 9.17) is 5.11 Å². The van der Waals surface area contributed by atoms with Crippen LogP contribution in [-0.2, 0) is 4.79 Å². The third-order valence-corrected chi connectivity index (χ3v) is 3.29. The van der Waals surface area contributed by atoms with E-state index in [0.29, 0.717) is 6.42 Å². The first-order valence-electron chi connectivity index (χ1n) is 6.46. The van der Waals surface area contributed by atoms with Gasteiger partial charge in [0.05, 0.1) is 18.1 Å². The van der Waals surface area contributed by atoms with Crippen LogP contribution >= 0.6 is 0 Å². The van der Waals surface area contributed by atoms with Crippen molar-refractivity contribution < 1.29 is 19.8 Å². The van der Waals surface area contributed by atoms with Gasteiger partial charge in [-0.3, -0.25) is 4.79 Å². The maximum absolute atomic E-state index is 11.6. The van der Waals surface area contributed by atoms with Crippen molar-refractivity contribution >= 4 is 12.0 Å². The average Bonchev–Trinajstić information content (AvgIpc) is 2.52. The zero-order chi connectivity index (χ0) is 13.5. The maximum Gasteiger partial charge on any atom is 0.315 e. The van der Waals surface area contributed by atoms with E-state index < -0.39 is 24.0 Å². The Morgan fingerprint density at radius 1 is 1.28 bits per heavy atom. The van der Waals surface area contributed by atoms with Gasteiger partial charge in [-0.05, 0) is 12.8 Å². The molecule has 0 aromatic rings. The summed E-state index contributed by atoms with van der Waals surface area (Å²) in [7, 11) is 0. The summed E-state index contributed by atoms with van der Waals surface area (Å²) in [5.74, 6) is -1.56. The Morgan fingerprint density at radius 3 is 2.61 bits per heavy atom. The number of nitrogens with one attached hydrogen (secondary N) is 2. The molecular formula is C12H22N2O4. The van der Waals surface area contributed by atoms with E-state index in [9.17, 15) is 14.7 Å². The normalized spacial score (nSPS) is 25.9. The summed E-state index contributed by atoms with van der Waals surface area (Å²) in [6.45, 7) is 1.62. The van der Waals surface area contributed by atoms with E-state index in [-0.39, 0.29) is 12.6 Å². The van der Waals surface area contributed by atoms with Crippen LogP contribution < -0.4 is 10.6 Å². The number of amides is 2. The molecule has 4 N–H and O–H groups in total. The third kappa shape index (κ3) is 4.91. The summed E-state index contributed by atoms with van der Waals surface area (Å²) in [5, 5.41) is 23.7. The maximum atomic E-state index is 11.6. The number of carboxylic acid groups (broad SMARTS) is 1. The van der Waals surface area contributed by atoms with Crippen molar-refractivity contribution in [1.29, 1.82) is 0 Å². The Balaban J connectivity index is 2.32. The van der Waals surface area contributed by atoms with Crippen molar-refractivity contribution in [3.63, 3.8) is 0 Å². The lowest BCUT2D eigenvalue weighted by Crippen LogP contribution is -2.48. The molecule has 0 aliphatic heterocycles. The zero-order valence-electron chi connectivity index (χ0n) is 10.7. The molecule has 6 nitrogen and oxygen atoms in total. The molecule has 2 amide bonds. The lowest BCUT2D eigenvalue weighted by atomic mass is 10.1. The highest BCUT2D eigenvalue weighted by atomic mass is 16.4. The summed E-state index contributed by atoms with van der Waals surface area (Å²) in [5.41, 5.74) is 0. The van der Waals surface area contributed by atoms with E-state index in [2.05, 4.69) is 10.6 Å². The molecule has 1 fully saturated rings. The van der Waals surface area contributed by atoms with Crippen LogP contribution in [0.3, 0.4) is 0 Å². The topological polar surface area (TPSA) is 98.7 Å². The van der Waals surface area contributed by atoms with Gasteiger partial charge in [0.1, 0.15) is 0 Å². The van der Waals surface area contributed by atoms with Crippen molar-refractivity contribution in [2.24, 2.45) is 5.92 Å². The third-order valence-electron chi connectivity index (χ3n) is 3.29. The number of aliphatic hydroxyl groups is 1. The van der Waals surface area contributed by atoms with Gasteiger partial charge in [-0.15, -0.1) is 0 Å². The van der Waals surface area contributed by atoms with E-state index in [1.807, 2.05) is 0 Å². The Bertz CT molecular complexity index is 296. The molecule has 0 spiro atoms. The molecule has 0 aromatic heterocycles. The molecule has 18 heavy (non-hydrogen) atoms. The van der Waals surface area contributed by atoms with Crippen molar-refractivity contribution in [1.82, 2.24) is 10.6 Å². The predicted molar refractivity (Wildman–Crippen MR) is 66.2 cm³/mol. The van der Waals surface area contributed by atoms with Crippen LogP contribution in [0.5, 0.6) is 0 Å². The molecule has 1 aliphatic rings. The van der Waals surface area contributed by atoms with Crippen LogP contribution in [0.1, 0.15) is 39.0 Å². The van der Waals surface area contributed by atoms with Gasteiger partial charge in [-0.1, -0.05) is 26.2 Å². The van der Waals surface area contributed by atoms with E-state index >= 15 is 0 Å². The molecule has 0 heterocycles. The van der Waals surface area contributed by atoms with Gasteiger partial charge in [-0.2, -0.15) is 0 Å². The Morgan fingerprint density at radius 2 is 1.94 bits per heavy atom. The second-order valence-electron chi connectivity index (χ2n) is 4.91. The minimum atomic E-state index is -0.940. The fourth-order valence-electron chi connectivity index (χ4n) is 2.01. The predicted octanol–water partition coefficient (Wildman–Crippen LogP) is 0.700. The number of aliphatic carboxylic acids is 1. The van der Waals surface area contributed by atoms with Gasteiger partial charge in [-0.25, -0.2) is 4.79 Å². The Hall–Kier alpha value is -1.30. The van der Waals surface area contributed by atoms with Gasteiger partial charge < -0.3 is 20.8 Å². The second-order valence-corrected chi connectivity index (χ2v) is 4.91. The van der Waals surface area contributed by atoms with Crippen LogP contribution in [0.15, 0.2) is 0 Å². The summed E-state index contributed by atoms with van der Waals surface area (Å²) in [6.07, 6.45) is 4.02. The first-order valence-corrected chi connectivity index (χ1v) is 6.46. The number of hydrogen-bond donors (Lipinski definition) is 4. The van der Waals surface area contributed by atoms with Crippen LogP contribution in [0.25, 0.3) is 0 Å². The lowest BCUT2D eigenvalue weighted by molar-refractivity contribution is -0.140. The number of carbonyl (C=O) groups excluding carboxylic acids is 1. The molecule has 0 aromatic carbocycles. The number of carbonyl (C=O) groups is 2. The summed E-state index contributed by atoms with van der Waals surface area (Å²) < 4.78 is 0. The monoisotopic (exact) mass is 258 g/mol. The smallest absolute Gasteiger partial charge is 0.315 e. The lowest BCUT2D eigenvalue weighted by Gasteiger charge is -2.22. The first kappa shape index (κ1) is 14.8. The molecule has 0 radical (unpaired) electrons. The first-order chi connectivity index (χ1) is 8.50. The van der Waals surface area contributed by atoms with Gasteiger partial charge in [0, 0.05) is 6.54 Å². The largest absolute Gasteiger partial charge is 0.481 e. The van der Waals surface area contributed by atoms with E-state index in [1.54, 1.807) is 0 Å². The number of hydrogen-bond acceptors (Lipinski definition) is 3. The quantitative estimate of drug-likeness (QED) is 0.558. The molecule has 1 aliphatic carbocycles. The summed E-state index contributed by atoms with van der Waals surface area (Å²) in [6, 6.07) is -0.637. The fraction of sp³-hybridized carbons (Fsp3) is 0.833. The van der Waals surface area contributed by atoms with E-state index in [0.717, 1.165) is 25.7 Å². The molecule has 3 unspecified atom stereocenters. The molecule has 0 saturated heterocycles. The minimum Gasteiger partial charge on any atom is -0.481 e. The molecule has 104 valence electrons. The SMILES string of the molecule is CC(CNC(=O)NC1CCCCCC1O)C(=O)O. The molecule has 1 rings (SSSR count). The number of rotatable bonds is 4. The molecule has 6 heteroatoms. The molecule has 0 bridgehead atoms. The van der Waals surface area contributed by atoms with Gasteiger partial charge >= 0.3 is 12.0 Å². The molecule has 3 atom stereocenters. The molecule has 1 saturated carbocycles. The number of urea groups is 1. The van der Waals surface area contributed by atoms with Crippen molar-refractivity contribution in [2.45, 2.75) is 51.2 Å². The highest BCUT2D eigenvalue weighted by Gasteiger charge is 2.23. The zero-order valence-corrected chi connectivity index (χ0v) is 10.7. The Kier molecular flexibility index (Phi) is 5.91.